The van der Waals surface area contributed by atoms with Gasteiger partial charge in [-0.2, -0.15) is 0 Å². The fraction of sp³-hybridized carbons (Fsp3) is 0.870. The molecular formula is C23H33BrO4. The van der Waals surface area contributed by atoms with E-state index in [1.165, 1.54) is 31.8 Å². The number of rotatable bonds is 1. The normalized spacial score (nSPS) is 49.1. The smallest absolute Gasteiger partial charge is 0.302 e. The highest BCUT2D eigenvalue weighted by molar-refractivity contribution is 9.09. The number of alkyl halides is 1. The summed E-state index contributed by atoms with van der Waals surface area (Å²) in [5, 5.41) is 0. The lowest BCUT2D eigenvalue weighted by Crippen LogP contribution is -2.57. The molecule has 156 valence electrons. The van der Waals surface area contributed by atoms with E-state index in [1.54, 1.807) is 0 Å². The zero-order chi connectivity index (χ0) is 19.7. The first kappa shape index (κ1) is 19.6. The molecule has 0 aromatic carbocycles. The van der Waals surface area contributed by atoms with Crippen molar-refractivity contribution in [1.29, 1.82) is 0 Å². The van der Waals surface area contributed by atoms with Gasteiger partial charge in [-0.3, -0.25) is 4.79 Å². The summed E-state index contributed by atoms with van der Waals surface area (Å²) in [7, 11) is 0. The Bertz CT molecular complexity index is 699. The van der Waals surface area contributed by atoms with Crippen LogP contribution >= 0.6 is 15.9 Å². The Hall–Kier alpha value is -0.390. The summed E-state index contributed by atoms with van der Waals surface area (Å²) < 4.78 is 18.1. The van der Waals surface area contributed by atoms with Gasteiger partial charge in [-0.25, -0.2) is 0 Å². The van der Waals surface area contributed by atoms with Crippen molar-refractivity contribution in [2.75, 3.05) is 13.2 Å². The van der Waals surface area contributed by atoms with Gasteiger partial charge in [0.1, 0.15) is 6.10 Å². The van der Waals surface area contributed by atoms with E-state index in [0.29, 0.717) is 22.6 Å². The zero-order valence-corrected chi connectivity index (χ0v) is 18.9. The Labute approximate surface area is 176 Å². The topological polar surface area (TPSA) is 44.8 Å². The maximum absolute atomic E-state index is 11.5. The molecule has 3 saturated carbocycles. The lowest BCUT2D eigenvalue weighted by atomic mass is 9.47. The molecule has 0 aromatic rings. The quantitative estimate of drug-likeness (QED) is 0.319. The van der Waals surface area contributed by atoms with Crippen LogP contribution in [0.5, 0.6) is 0 Å². The molecule has 7 atom stereocenters. The molecule has 1 aliphatic heterocycles. The predicted octanol–water partition coefficient (Wildman–Crippen LogP) is 5.00. The van der Waals surface area contributed by atoms with Crippen LogP contribution in [0.15, 0.2) is 11.6 Å². The van der Waals surface area contributed by atoms with E-state index in [4.69, 9.17) is 14.2 Å². The molecular weight excluding hydrogens is 420 g/mol. The van der Waals surface area contributed by atoms with E-state index < -0.39 is 0 Å². The van der Waals surface area contributed by atoms with E-state index >= 15 is 0 Å². The van der Waals surface area contributed by atoms with Crippen molar-refractivity contribution in [3.63, 3.8) is 0 Å². The van der Waals surface area contributed by atoms with Crippen LogP contribution < -0.4 is 0 Å². The molecule has 0 radical (unpaired) electrons. The third-order valence-corrected chi connectivity index (χ3v) is 10.1. The van der Waals surface area contributed by atoms with Crippen molar-refractivity contribution in [2.24, 2.45) is 28.6 Å². The summed E-state index contributed by atoms with van der Waals surface area (Å²) in [6.45, 7) is 7.93. The molecule has 1 heterocycles. The summed E-state index contributed by atoms with van der Waals surface area (Å²) in [5.74, 6) is 1.46. The van der Waals surface area contributed by atoms with Crippen LogP contribution in [0.3, 0.4) is 0 Å². The molecule has 5 heteroatoms. The van der Waals surface area contributed by atoms with E-state index in [2.05, 4.69) is 35.9 Å². The second-order valence-electron chi connectivity index (χ2n) is 10.3. The summed E-state index contributed by atoms with van der Waals surface area (Å²) in [6.07, 6.45) is 10.2. The highest BCUT2D eigenvalue weighted by Gasteiger charge is 2.67. The number of ether oxygens (including phenoxy) is 3. The number of carbonyl (C=O) groups is 1. The maximum Gasteiger partial charge on any atom is 0.302 e. The fourth-order valence-electron chi connectivity index (χ4n) is 7.79. The number of esters is 1. The standard InChI is InChI=1S/C23H33BrO4/c1-14(25)28-16-4-7-21(2)15(12-16)13-19(24)20-17(21)5-8-22(3)18(20)6-9-23(22)26-10-11-27-23/h13,16-20H,4-12H2,1-3H3/t16-,17?,18?,19+,20?,21-,22-/m0/s1. The number of fused-ring (bicyclic) bond motifs is 6. The number of hydrogen-bond acceptors (Lipinski definition) is 4. The first-order valence-corrected chi connectivity index (χ1v) is 12.0. The lowest BCUT2D eigenvalue weighted by molar-refractivity contribution is -0.241. The molecule has 4 fully saturated rings. The van der Waals surface area contributed by atoms with Gasteiger partial charge in [0.2, 0.25) is 0 Å². The van der Waals surface area contributed by atoms with Gasteiger partial charge in [-0.05, 0) is 55.3 Å². The molecule has 0 amide bonds. The number of carbonyl (C=O) groups excluding carboxylic acids is 1. The minimum Gasteiger partial charge on any atom is -0.462 e. The maximum atomic E-state index is 11.5. The number of hydrogen-bond donors (Lipinski definition) is 0. The molecule has 4 aliphatic carbocycles. The van der Waals surface area contributed by atoms with Crippen LogP contribution in [-0.4, -0.2) is 35.9 Å². The van der Waals surface area contributed by atoms with Crippen LogP contribution in [-0.2, 0) is 19.0 Å². The molecule has 28 heavy (non-hydrogen) atoms. The van der Waals surface area contributed by atoms with Crippen LogP contribution in [0.4, 0.5) is 0 Å². The van der Waals surface area contributed by atoms with Crippen molar-refractivity contribution in [3.05, 3.63) is 11.6 Å². The molecule has 0 N–H and O–H groups in total. The number of allylic oxidation sites excluding steroid dienone is 1. The minimum absolute atomic E-state index is 0.0528. The zero-order valence-electron chi connectivity index (χ0n) is 17.3. The van der Waals surface area contributed by atoms with E-state index in [1.807, 2.05) is 0 Å². The van der Waals surface area contributed by atoms with Crippen LogP contribution in [0, 0.1) is 28.6 Å². The molecule has 5 rings (SSSR count). The van der Waals surface area contributed by atoms with Gasteiger partial charge in [0.05, 0.1) is 13.2 Å². The minimum atomic E-state index is -0.340. The third kappa shape index (κ3) is 2.58. The van der Waals surface area contributed by atoms with Crippen molar-refractivity contribution in [2.45, 2.75) is 82.4 Å². The van der Waals surface area contributed by atoms with Gasteiger partial charge in [0.25, 0.3) is 0 Å². The molecule has 1 spiro atoms. The Morgan fingerprint density at radius 1 is 1.11 bits per heavy atom. The van der Waals surface area contributed by atoms with Crippen LogP contribution in [0.1, 0.15) is 65.7 Å². The summed E-state index contributed by atoms with van der Waals surface area (Å²) >= 11 is 4.08. The SMILES string of the molecule is CC(=O)O[C@H]1CC[C@@]2(C)C(=C[C@@H](Br)C3C2CC[C@@]2(C)C3CCC23OCCO3)C1. The number of halogens is 1. The summed E-state index contributed by atoms with van der Waals surface area (Å²) in [5.41, 5.74) is 1.87. The van der Waals surface area contributed by atoms with Crippen LogP contribution in [0.25, 0.3) is 0 Å². The summed E-state index contributed by atoms with van der Waals surface area (Å²) in [4.78, 5) is 11.8. The Kier molecular flexibility index (Phi) is 4.58. The van der Waals surface area contributed by atoms with Crippen molar-refractivity contribution < 1.29 is 19.0 Å². The lowest BCUT2D eigenvalue weighted by Gasteiger charge is -2.59. The summed E-state index contributed by atoms with van der Waals surface area (Å²) in [6, 6.07) is 0. The first-order valence-electron chi connectivity index (χ1n) is 11.1. The average molecular weight is 453 g/mol. The van der Waals surface area contributed by atoms with Crippen molar-refractivity contribution >= 4 is 21.9 Å². The van der Waals surface area contributed by atoms with Gasteiger partial charge in [0.15, 0.2) is 5.79 Å². The predicted molar refractivity (Wildman–Crippen MR) is 110 cm³/mol. The van der Waals surface area contributed by atoms with Gasteiger partial charge in [0, 0.05) is 30.0 Å². The molecule has 1 saturated heterocycles. The highest BCUT2D eigenvalue weighted by Crippen LogP contribution is 2.69. The molecule has 4 nitrogen and oxygen atoms in total. The Morgan fingerprint density at radius 2 is 1.82 bits per heavy atom. The van der Waals surface area contributed by atoms with Gasteiger partial charge in [-0.1, -0.05) is 41.4 Å². The molecule has 0 aromatic heterocycles. The van der Waals surface area contributed by atoms with E-state index in [0.717, 1.165) is 38.9 Å². The monoisotopic (exact) mass is 452 g/mol. The van der Waals surface area contributed by atoms with Gasteiger partial charge in [-0.15, -0.1) is 0 Å². The molecule has 0 bridgehead atoms. The van der Waals surface area contributed by atoms with Gasteiger partial charge < -0.3 is 14.2 Å². The fourth-order valence-corrected chi connectivity index (χ4v) is 8.85. The Balaban J connectivity index is 1.46. The van der Waals surface area contributed by atoms with Crippen LogP contribution in [0.2, 0.25) is 0 Å². The second-order valence-corrected chi connectivity index (χ2v) is 11.3. The molecule has 3 unspecified atom stereocenters. The first-order chi connectivity index (χ1) is 13.3. The second kappa shape index (κ2) is 6.55. The van der Waals surface area contributed by atoms with Gasteiger partial charge >= 0.3 is 5.97 Å². The highest BCUT2D eigenvalue weighted by atomic mass is 79.9. The van der Waals surface area contributed by atoms with Crippen molar-refractivity contribution in [1.82, 2.24) is 0 Å². The Morgan fingerprint density at radius 3 is 2.54 bits per heavy atom. The average Bonchev–Trinajstić information content (AvgIpc) is 3.23. The molecule has 5 aliphatic rings. The largest absolute Gasteiger partial charge is 0.462 e. The van der Waals surface area contributed by atoms with E-state index in [-0.39, 0.29) is 28.7 Å². The third-order valence-electron chi connectivity index (χ3n) is 9.18. The van der Waals surface area contributed by atoms with Crippen molar-refractivity contribution in [3.8, 4) is 0 Å². The van der Waals surface area contributed by atoms with E-state index in [9.17, 15) is 4.79 Å².